The number of thiophene rings is 2. The van der Waals surface area contributed by atoms with Gasteiger partial charge in [0.15, 0.2) is 0 Å². The van der Waals surface area contributed by atoms with Gasteiger partial charge in [0.05, 0.1) is 18.2 Å². The lowest BCUT2D eigenvalue weighted by atomic mass is 10.1. The molecule has 3 aromatic heterocycles. The van der Waals surface area contributed by atoms with Gasteiger partial charge in [0, 0.05) is 22.9 Å². The zero-order valence-corrected chi connectivity index (χ0v) is 21.1. The topological polar surface area (TPSA) is 89.4 Å². The number of benzene rings is 1. The van der Waals surface area contributed by atoms with Crippen molar-refractivity contribution < 1.29 is 14.3 Å². The average Bonchev–Trinajstić information content (AvgIpc) is 3.67. The maximum atomic E-state index is 13.8. The summed E-state index contributed by atoms with van der Waals surface area (Å²) in [5, 5.41) is 15.4. The predicted molar refractivity (Wildman–Crippen MR) is 136 cm³/mol. The van der Waals surface area contributed by atoms with Crippen molar-refractivity contribution >= 4 is 45.5 Å². The molecule has 0 aliphatic carbocycles. The van der Waals surface area contributed by atoms with Gasteiger partial charge in [-0.3, -0.25) is 9.59 Å². The number of amides is 2. The van der Waals surface area contributed by atoms with E-state index in [0.717, 1.165) is 45.8 Å². The molecule has 182 valence electrons. The number of aryl methyl sites for hydroxylation is 1. The van der Waals surface area contributed by atoms with Gasteiger partial charge in [-0.15, -0.1) is 27.8 Å². The highest BCUT2D eigenvalue weighted by atomic mass is 32.1. The van der Waals surface area contributed by atoms with E-state index in [1.54, 1.807) is 20.9 Å². The first-order valence-corrected chi connectivity index (χ1v) is 13.4. The molecular weight excluding hydrogens is 482 g/mol. The first-order valence-electron chi connectivity index (χ1n) is 11.6. The van der Waals surface area contributed by atoms with Crippen LogP contribution in [-0.4, -0.2) is 51.0 Å². The summed E-state index contributed by atoms with van der Waals surface area (Å²) in [6.45, 7) is 3.46. The van der Waals surface area contributed by atoms with E-state index in [-0.39, 0.29) is 24.5 Å². The Morgan fingerprint density at radius 1 is 1.20 bits per heavy atom. The number of ether oxygens (including phenoxy) is 1. The van der Waals surface area contributed by atoms with E-state index in [9.17, 15) is 9.59 Å². The molecular formula is C25H27N5O3S2. The number of para-hydroxylation sites is 1. The Balaban J connectivity index is 1.46. The maximum Gasteiger partial charge on any atom is 0.248 e. The van der Waals surface area contributed by atoms with Crippen molar-refractivity contribution in [2.75, 3.05) is 13.2 Å². The third-order valence-electron chi connectivity index (χ3n) is 6.17. The number of hydrogen-bond donors (Lipinski definition) is 1. The molecule has 4 heterocycles. The molecule has 10 heteroatoms. The number of fused-ring (bicyclic) bond motifs is 1. The van der Waals surface area contributed by atoms with Crippen molar-refractivity contribution in [3.8, 4) is 0 Å². The summed E-state index contributed by atoms with van der Waals surface area (Å²) in [7, 11) is 0. The lowest BCUT2D eigenvalue weighted by Gasteiger charge is -2.31. The first kappa shape index (κ1) is 23.7. The average molecular weight is 510 g/mol. The molecule has 1 aliphatic rings. The highest BCUT2D eigenvalue weighted by molar-refractivity contribution is 7.10. The van der Waals surface area contributed by atoms with Gasteiger partial charge >= 0.3 is 0 Å². The molecule has 35 heavy (non-hydrogen) atoms. The van der Waals surface area contributed by atoms with Crippen molar-refractivity contribution in [2.45, 2.75) is 45.0 Å². The molecule has 0 bridgehead atoms. The van der Waals surface area contributed by atoms with E-state index in [4.69, 9.17) is 4.74 Å². The van der Waals surface area contributed by atoms with E-state index in [1.807, 2.05) is 60.1 Å². The molecule has 0 radical (unpaired) electrons. The fraction of sp³-hybridized carbons (Fsp3) is 0.360. The third-order valence-corrected chi connectivity index (χ3v) is 8.10. The van der Waals surface area contributed by atoms with Crippen LogP contribution in [0.1, 0.15) is 34.2 Å². The lowest BCUT2D eigenvalue weighted by Crippen LogP contribution is -2.45. The van der Waals surface area contributed by atoms with Crippen LogP contribution in [0.2, 0.25) is 0 Å². The summed E-state index contributed by atoms with van der Waals surface area (Å²) in [5.74, 6) is -0.390. The van der Waals surface area contributed by atoms with E-state index in [1.165, 1.54) is 11.3 Å². The van der Waals surface area contributed by atoms with Gasteiger partial charge in [0.2, 0.25) is 11.8 Å². The van der Waals surface area contributed by atoms with Crippen LogP contribution in [0.4, 0.5) is 0 Å². The molecule has 1 aromatic carbocycles. The van der Waals surface area contributed by atoms with Gasteiger partial charge in [-0.05, 0) is 60.4 Å². The predicted octanol–water partition coefficient (Wildman–Crippen LogP) is 3.93. The number of nitrogens with one attached hydrogen (secondary N) is 1. The monoisotopic (exact) mass is 509 g/mol. The molecule has 2 atom stereocenters. The fourth-order valence-corrected chi connectivity index (χ4v) is 6.07. The summed E-state index contributed by atoms with van der Waals surface area (Å²) in [6.07, 6.45) is 1.95. The molecule has 1 N–H and O–H groups in total. The lowest BCUT2D eigenvalue weighted by molar-refractivity contribution is -0.142. The van der Waals surface area contributed by atoms with Crippen LogP contribution in [0.15, 0.2) is 53.2 Å². The Morgan fingerprint density at radius 2 is 2.09 bits per heavy atom. The van der Waals surface area contributed by atoms with Crippen LogP contribution in [0.3, 0.4) is 0 Å². The number of carbonyl (C=O) groups is 2. The second kappa shape index (κ2) is 10.7. The molecule has 5 rings (SSSR count). The van der Waals surface area contributed by atoms with Crippen molar-refractivity contribution in [3.05, 3.63) is 68.5 Å². The zero-order valence-electron chi connectivity index (χ0n) is 19.4. The molecule has 1 aliphatic heterocycles. The minimum atomic E-state index is -0.749. The second-order valence-electron chi connectivity index (χ2n) is 8.59. The number of carbonyl (C=O) groups excluding carboxylic acids is 2. The SMILES string of the molecule is Cc1ccsc1[C@@H](C(=O)NC[C@@H]1CCCO1)N(Cc1cccs1)C(=O)Cn1nnc2ccccc21. The van der Waals surface area contributed by atoms with E-state index >= 15 is 0 Å². The van der Waals surface area contributed by atoms with Crippen molar-refractivity contribution in [1.29, 1.82) is 0 Å². The van der Waals surface area contributed by atoms with Crippen molar-refractivity contribution in [2.24, 2.45) is 0 Å². The van der Waals surface area contributed by atoms with Crippen molar-refractivity contribution in [1.82, 2.24) is 25.2 Å². The third kappa shape index (κ3) is 5.29. The largest absolute Gasteiger partial charge is 0.376 e. The molecule has 0 saturated carbocycles. The van der Waals surface area contributed by atoms with Crippen LogP contribution in [0.5, 0.6) is 0 Å². The van der Waals surface area contributed by atoms with Crippen LogP contribution < -0.4 is 5.32 Å². The highest BCUT2D eigenvalue weighted by Gasteiger charge is 2.34. The number of hydrogen-bond acceptors (Lipinski definition) is 7. The number of rotatable bonds is 9. The zero-order chi connectivity index (χ0) is 24.2. The second-order valence-corrected chi connectivity index (χ2v) is 10.6. The molecule has 0 spiro atoms. The van der Waals surface area contributed by atoms with Gasteiger partial charge in [-0.1, -0.05) is 23.4 Å². The van der Waals surface area contributed by atoms with E-state index in [2.05, 4.69) is 15.6 Å². The van der Waals surface area contributed by atoms with E-state index < -0.39 is 6.04 Å². The van der Waals surface area contributed by atoms with Gasteiger partial charge in [-0.25, -0.2) is 4.68 Å². The fourth-order valence-electron chi connectivity index (χ4n) is 4.33. The number of nitrogens with zero attached hydrogens (tertiary/aromatic N) is 4. The van der Waals surface area contributed by atoms with Gasteiger partial charge in [0.25, 0.3) is 0 Å². The molecule has 8 nitrogen and oxygen atoms in total. The quantitative estimate of drug-likeness (QED) is 0.369. The molecule has 4 aromatic rings. The maximum absolute atomic E-state index is 13.8. The Hall–Kier alpha value is -3.08. The minimum Gasteiger partial charge on any atom is -0.376 e. The van der Waals surface area contributed by atoms with Gasteiger partial charge in [-0.2, -0.15) is 0 Å². The summed E-state index contributed by atoms with van der Waals surface area (Å²) < 4.78 is 7.29. The summed E-state index contributed by atoms with van der Waals surface area (Å²) in [5.41, 5.74) is 2.50. The molecule has 1 fully saturated rings. The Labute approximate surface area is 211 Å². The summed E-state index contributed by atoms with van der Waals surface area (Å²) in [6, 6.07) is 12.7. The summed E-state index contributed by atoms with van der Waals surface area (Å²) in [4.78, 5) is 31.0. The van der Waals surface area contributed by atoms with Crippen molar-refractivity contribution in [3.63, 3.8) is 0 Å². The van der Waals surface area contributed by atoms with Crippen LogP contribution in [-0.2, 0) is 27.4 Å². The Kier molecular flexibility index (Phi) is 7.21. The normalized spacial score (nSPS) is 16.4. The smallest absolute Gasteiger partial charge is 0.248 e. The Morgan fingerprint density at radius 3 is 2.83 bits per heavy atom. The van der Waals surface area contributed by atoms with Crippen LogP contribution >= 0.6 is 22.7 Å². The van der Waals surface area contributed by atoms with E-state index in [0.29, 0.717) is 13.1 Å². The van der Waals surface area contributed by atoms with Gasteiger partial charge < -0.3 is 15.0 Å². The molecule has 0 unspecified atom stereocenters. The first-order chi connectivity index (χ1) is 17.1. The standard InChI is InChI=1S/C25H27N5O3S2/c1-17-10-13-35-24(17)23(25(32)26-14-18-6-4-11-33-18)29(15-19-7-5-12-34-19)22(31)16-30-21-9-3-2-8-20(21)27-28-30/h2-3,5,7-10,12-13,18,23H,4,6,11,14-16H2,1H3,(H,26,32)/t18-,23-/m0/s1. The molecule has 1 saturated heterocycles. The van der Waals surface area contributed by atoms with Crippen LogP contribution in [0.25, 0.3) is 11.0 Å². The highest BCUT2D eigenvalue weighted by Crippen LogP contribution is 2.32. The summed E-state index contributed by atoms with van der Waals surface area (Å²) >= 11 is 3.06. The minimum absolute atomic E-state index is 0.00811. The van der Waals surface area contributed by atoms with Crippen LogP contribution in [0, 0.1) is 6.92 Å². The van der Waals surface area contributed by atoms with Gasteiger partial charge in [0.1, 0.15) is 18.1 Å². The number of aromatic nitrogens is 3. The Bertz CT molecular complexity index is 1290. The molecule has 2 amide bonds.